The van der Waals surface area contributed by atoms with Gasteiger partial charge in [-0.2, -0.15) is 11.8 Å². The largest absolute Gasteiger partial charge is 0.487 e. The number of carboxylic acid groups (broad SMARTS) is 1. The topological polar surface area (TPSA) is 88.5 Å². The number of benzene rings is 2. The molecule has 3 rings (SSSR count). The van der Waals surface area contributed by atoms with Gasteiger partial charge in [-0.3, -0.25) is 9.78 Å². The minimum atomic E-state index is -1.04. The zero-order chi connectivity index (χ0) is 24.1. The molecule has 1 atom stereocenters. The minimum absolute atomic E-state index is 0.318. The molecule has 2 N–H and O–H groups in total. The summed E-state index contributed by atoms with van der Waals surface area (Å²) in [6.45, 7) is 4.32. The maximum Gasteiger partial charge on any atom is 0.326 e. The standard InChI is InChI=1S/C24H24N2O4S.C2H6/c1-31-13-11-22(24(28)29)26-23(27)20-10-9-17(16-30-19-8-5-12-25-15-19)14-21(20)18-6-3-2-4-7-18;1-2/h2-10,12,14-15,22H,11,13,16H2,1H3,(H,26,27)(H,28,29);1-2H3/t22-;/m0./s1. The number of aromatic nitrogens is 1. The third kappa shape index (κ3) is 7.95. The molecule has 0 aliphatic heterocycles. The van der Waals surface area contributed by atoms with Crippen molar-refractivity contribution in [3.05, 3.63) is 84.2 Å². The van der Waals surface area contributed by atoms with Crippen molar-refractivity contribution < 1.29 is 19.4 Å². The number of carboxylic acids is 1. The summed E-state index contributed by atoms with van der Waals surface area (Å²) in [7, 11) is 0. The number of carbonyl (C=O) groups is 2. The Bertz CT molecular complexity index is 1010. The molecule has 2 aromatic carbocycles. The lowest BCUT2D eigenvalue weighted by Crippen LogP contribution is -2.41. The molecule has 0 saturated carbocycles. The van der Waals surface area contributed by atoms with Gasteiger partial charge in [-0.15, -0.1) is 0 Å². The summed E-state index contributed by atoms with van der Waals surface area (Å²) in [4.78, 5) is 28.6. The number of ether oxygens (including phenoxy) is 1. The number of pyridine rings is 1. The molecule has 174 valence electrons. The summed E-state index contributed by atoms with van der Waals surface area (Å²) in [6, 6.07) is 17.7. The van der Waals surface area contributed by atoms with E-state index in [1.165, 1.54) is 0 Å². The van der Waals surface area contributed by atoms with E-state index >= 15 is 0 Å². The van der Waals surface area contributed by atoms with Gasteiger partial charge in [0.15, 0.2) is 0 Å². The fourth-order valence-corrected chi connectivity index (χ4v) is 3.54. The first-order valence-electron chi connectivity index (χ1n) is 10.8. The van der Waals surface area contributed by atoms with E-state index in [2.05, 4.69) is 10.3 Å². The molecular formula is C26H30N2O4S. The summed E-state index contributed by atoms with van der Waals surface area (Å²) in [5.74, 6) is -0.145. The van der Waals surface area contributed by atoms with E-state index in [9.17, 15) is 14.7 Å². The van der Waals surface area contributed by atoms with Crippen LogP contribution in [0.4, 0.5) is 0 Å². The number of hydrogen-bond acceptors (Lipinski definition) is 5. The lowest BCUT2D eigenvalue weighted by Gasteiger charge is -2.17. The van der Waals surface area contributed by atoms with Crippen molar-refractivity contribution in [3.63, 3.8) is 0 Å². The third-order valence-electron chi connectivity index (χ3n) is 4.67. The van der Waals surface area contributed by atoms with Gasteiger partial charge in [-0.25, -0.2) is 4.79 Å². The second kappa shape index (κ2) is 14.0. The lowest BCUT2D eigenvalue weighted by molar-refractivity contribution is -0.139. The van der Waals surface area contributed by atoms with Crippen LogP contribution in [0.25, 0.3) is 11.1 Å². The summed E-state index contributed by atoms with van der Waals surface area (Å²) in [5, 5.41) is 12.1. The van der Waals surface area contributed by atoms with Gasteiger partial charge in [-0.05, 0) is 59.4 Å². The molecule has 7 heteroatoms. The Morgan fingerprint density at radius 3 is 2.48 bits per heavy atom. The highest BCUT2D eigenvalue weighted by molar-refractivity contribution is 7.98. The fourth-order valence-electron chi connectivity index (χ4n) is 3.06. The normalized spacial score (nSPS) is 11.0. The number of nitrogens with one attached hydrogen (secondary N) is 1. The Balaban J connectivity index is 0.00000187. The predicted octanol–water partition coefficient (Wildman–Crippen LogP) is 5.29. The highest BCUT2D eigenvalue weighted by atomic mass is 32.2. The van der Waals surface area contributed by atoms with Crippen LogP contribution in [0.5, 0.6) is 5.75 Å². The van der Waals surface area contributed by atoms with E-state index in [1.807, 2.05) is 68.6 Å². The Labute approximate surface area is 199 Å². The molecular weight excluding hydrogens is 436 g/mol. The molecule has 0 bridgehead atoms. The van der Waals surface area contributed by atoms with Gasteiger partial charge in [0.05, 0.1) is 6.20 Å². The van der Waals surface area contributed by atoms with Gasteiger partial charge in [0, 0.05) is 11.8 Å². The maximum absolute atomic E-state index is 13.0. The molecule has 1 amide bonds. The fraction of sp³-hybridized carbons (Fsp3) is 0.269. The van der Waals surface area contributed by atoms with Crippen LogP contribution in [-0.2, 0) is 11.4 Å². The smallest absolute Gasteiger partial charge is 0.326 e. The summed E-state index contributed by atoms with van der Waals surface area (Å²) >= 11 is 1.54. The average molecular weight is 467 g/mol. The summed E-state index contributed by atoms with van der Waals surface area (Å²) in [5.41, 5.74) is 2.90. The van der Waals surface area contributed by atoms with Crippen LogP contribution in [-0.4, -0.2) is 40.0 Å². The zero-order valence-corrected chi connectivity index (χ0v) is 20.0. The molecule has 0 saturated heterocycles. The monoisotopic (exact) mass is 466 g/mol. The third-order valence-corrected chi connectivity index (χ3v) is 5.31. The Kier molecular flexibility index (Phi) is 11.0. The van der Waals surface area contributed by atoms with Crippen molar-refractivity contribution in [2.75, 3.05) is 12.0 Å². The van der Waals surface area contributed by atoms with Crippen molar-refractivity contribution in [1.29, 1.82) is 0 Å². The van der Waals surface area contributed by atoms with Crippen LogP contribution in [0.15, 0.2) is 73.1 Å². The average Bonchev–Trinajstić information content (AvgIpc) is 2.87. The first-order chi connectivity index (χ1) is 16.1. The van der Waals surface area contributed by atoms with Crippen LogP contribution < -0.4 is 10.1 Å². The Hall–Kier alpha value is -3.32. The van der Waals surface area contributed by atoms with E-state index in [-0.39, 0.29) is 0 Å². The molecule has 0 unspecified atom stereocenters. The van der Waals surface area contributed by atoms with Crippen LogP contribution in [0.2, 0.25) is 0 Å². The van der Waals surface area contributed by atoms with E-state index in [0.717, 1.165) is 16.7 Å². The maximum atomic E-state index is 13.0. The van der Waals surface area contributed by atoms with E-state index < -0.39 is 17.9 Å². The van der Waals surface area contributed by atoms with Crippen molar-refractivity contribution in [1.82, 2.24) is 10.3 Å². The number of aliphatic carboxylic acids is 1. The first kappa shape index (κ1) is 25.9. The molecule has 0 spiro atoms. The molecule has 0 fully saturated rings. The molecule has 33 heavy (non-hydrogen) atoms. The van der Waals surface area contributed by atoms with Crippen LogP contribution in [0.3, 0.4) is 0 Å². The van der Waals surface area contributed by atoms with Gasteiger partial charge < -0.3 is 15.2 Å². The van der Waals surface area contributed by atoms with Gasteiger partial charge in [-0.1, -0.05) is 50.2 Å². The van der Waals surface area contributed by atoms with Crippen molar-refractivity contribution in [2.45, 2.75) is 32.9 Å². The number of amides is 1. The quantitative estimate of drug-likeness (QED) is 0.422. The second-order valence-electron chi connectivity index (χ2n) is 6.87. The van der Waals surface area contributed by atoms with Gasteiger partial charge in [0.1, 0.15) is 18.4 Å². The van der Waals surface area contributed by atoms with Crippen molar-refractivity contribution >= 4 is 23.6 Å². The molecule has 0 radical (unpaired) electrons. The van der Waals surface area contributed by atoms with Gasteiger partial charge >= 0.3 is 5.97 Å². The molecule has 0 aliphatic carbocycles. The Morgan fingerprint density at radius 1 is 1.09 bits per heavy atom. The van der Waals surface area contributed by atoms with Crippen LogP contribution >= 0.6 is 11.8 Å². The SMILES string of the molecule is CC.CSCC[C@H](NC(=O)c1ccc(COc2cccnc2)cc1-c1ccccc1)C(=O)O. The molecule has 1 aromatic heterocycles. The molecule has 3 aromatic rings. The first-order valence-corrected chi connectivity index (χ1v) is 12.2. The zero-order valence-electron chi connectivity index (χ0n) is 19.2. The summed E-state index contributed by atoms with van der Waals surface area (Å²) in [6.07, 6.45) is 5.58. The summed E-state index contributed by atoms with van der Waals surface area (Å²) < 4.78 is 5.78. The second-order valence-corrected chi connectivity index (χ2v) is 7.85. The van der Waals surface area contributed by atoms with Crippen LogP contribution in [0, 0.1) is 0 Å². The highest BCUT2D eigenvalue weighted by Crippen LogP contribution is 2.26. The number of nitrogens with zero attached hydrogens (tertiary/aromatic N) is 1. The number of thioether (sulfide) groups is 1. The van der Waals surface area contributed by atoms with Gasteiger partial charge in [0.25, 0.3) is 5.91 Å². The minimum Gasteiger partial charge on any atom is -0.487 e. The highest BCUT2D eigenvalue weighted by Gasteiger charge is 2.22. The number of hydrogen-bond donors (Lipinski definition) is 2. The van der Waals surface area contributed by atoms with Gasteiger partial charge in [0.2, 0.25) is 0 Å². The molecule has 1 heterocycles. The number of carbonyl (C=O) groups excluding carboxylic acids is 1. The van der Waals surface area contributed by atoms with Crippen molar-refractivity contribution in [2.24, 2.45) is 0 Å². The van der Waals surface area contributed by atoms with E-state index in [0.29, 0.717) is 30.1 Å². The van der Waals surface area contributed by atoms with E-state index in [1.54, 1.807) is 36.3 Å². The van der Waals surface area contributed by atoms with Crippen molar-refractivity contribution in [3.8, 4) is 16.9 Å². The van der Waals surface area contributed by atoms with E-state index in [4.69, 9.17) is 4.74 Å². The Morgan fingerprint density at radius 2 is 1.85 bits per heavy atom. The number of rotatable bonds is 10. The molecule has 6 nitrogen and oxygen atoms in total. The predicted molar refractivity (Wildman–Crippen MR) is 134 cm³/mol. The lowest BCUT2D eigenvalue weighted by atomic mass is 9.96. The molecule has 0 aliphatic rings. The van der Waals surface area contributed by atoms with Crippen LogP contribution in [0.1, 0.15) is 36.2 Å².